The predicted molar refractivity (Wildman–Crippen MR) is 62.4 cm³/mol. The minimum atomic E-state index is -0.221. The molecule has 5 heteroatoms. The molecule has 0 atom stereocenters. The Morgan fingerprint density at radius 3 is 2.82 bits per heavy atom. The van der Waals surface area contributed by atoms with E-state index < -0.39 is 0 Å². The number of amides is 2. The minimum Gasteiger partial charge on any atom is -0.378 e. The number of nitrogens with zero attached hydrogens (tertiary/aromatic N) is 1. The Labute approximate surface area is 101 Å². The minimum absolute atomic E-state index is 0.0328. The van der Waals surface area contributed by atoms with Gasteiger partial charge in [-0.2, -0.15) is 0 Å². The number of rotatable bonds is 3. The zero-order valence-electron chi connectivity index (χ0n) is 10.3. The van der Waals surface area contributed by atoms with Gasteiger partial charge in [0.25, 0.3) is 0 Å². The zero-order chi connectivity index (χ0) is 12.3. The van der Waals surface area contributed by atoms with E-state index in [9.17, 15) is 9.59 Å². The Morgan fingerprint density at radius 1 is 1.47 bits per heavy atom. The van der Waals surface area contributed by atoms with Gasteiger partial charge >= 0.3 is 0 Å². The standard InChI is InChI=1S/C12H20N2O3/c1-17-12(4-2-5-12)9-11(16)14-7-3-10(15)13-6-8-14/h2-9H2,1H3,(H,13,15). The summed E-state index contributed by atoms with van der Waals surface area (Å²) in [7, 11) is 1.68. The van der Waals surface area contributed by atoms with Crippen molar-refractivity contribution < 1.29 is 14.3 Å². The molecular weight excluding hydrogens is 220 g/mol. The maximum atomic E-state index is 12.1. The third-order valence-electron chi connectivity index (χ3n) is 3.84. The molecule has 1 heterocycles. The summed E-state index contributed by atoms with van der Waals surface area (Å²) >= 11 is 0. The molecule has 0 unspecified atom stereocenters. The molecular formula is C12H20N2O3. The average Bonchev–Trinajstić information content (AvgIpc) is 2.48. The summed E-state index contributed by atoms with van der Waals surface area (Å²) in [6.07, 6.45) is 3.95. The summed E-state index contributed by atoms with van der Waals surface area (Å²) in [5, 5.41) is 2.77. The fourth-order valence-corrected chi connectivity index (χ4v) is 2.43. The number of nitrogens with one attached hydrogen (secondary N) is 1. The molecule has 1 saturated carbocycles. The lowest BCUT2D eigenvalue weighted by atomic mass is 9.77. The van der Waals surface area contributed by atoms with Crippen LogP contribution in [-0.4, -0.2) is 49.1 Å². The quantitative estimate of drug-likeness (QED) is 0.771. The van der Waals surface area contributed by atoms with Gasteiger partial charge in [-0.15, -0.1) is 0 Å². The summed E-state index contributed by atoms with van der Waals surface area (Å²) in [5.74, 6) is 0.147. The zero-order valence-corrected chi connectivity index (χ0v) is 10.3. The van der Waals surface area contributed by atoms with E-state index in [-0.39, 0.29) is 17.4 Å². The van der Waals surface area contributed by atoms with E-state index in [2.05, 4.69) is 5.32 Å². The molecule has 2 amide bonds. The molecule has 2 aliphatic rings. The molecule has 0 spiro atoms. The van der Waals surface area contributed by atoms with Gasteiger partial charge in [-0.25, -0.2) is 0 Å². The van der Waals surface area contributed by atoms with Crippen molar-refractivity contribution in [3.63, 3.8) is 0 Å². The molecule has 0 radical (unpaired) electrons. The van der Waals surface area contributed by atoms with Gasteiger partial charge in [0.05, 0.1) is 12.0 Å². The monoisotopic (exact) mass is 240 g/mol. The molecule has 96 valence electrons. The van der Waals surface area contributed by atoms with Crippen LogP contribution in [-0.2, 0) is 14.3 Å². The normalized spacial score (nSPS) is 23.6. The van der Waals surface area contributed by atoms with Crippen molar-refractivity contribution in [2.45, 2.75) is 37.7 Å². The number of carbonyl (C=O) groups is 2. The van der Waals surface area contributed by atoms with Gasteiger partial charge in [0.1, 0.15) is 0 Å². The molecule has 0 aromatic rings. The average molecular weight is 240 g/mol. The molecule has 0 bridgehead atoms. The Balaban J connectivity index is 1.88. The van der Waals surface area contributed by atoms with E-state index in [0.717, 1.165) is 19.3 Å². The number of hydrogen-bond donors (Lipinski definition) is 1. The van der Waals surface area contributed by atoms with Crippen LogP contribution in [0.2, 0.25) is 0 Å². The fraction of sp³-hybridized carbons (Fsp3) is 0.833. The lowest BCUT2D eigenvalue weighted by Crippen LogP contribution is -2.45. The molecule has 2 rings (SSSR count). The Kier molecular flexibility index (Phi) is 3.66. The van der Waals surface area contributed by atoms with Gasteiger partial charge in [0, 0.05) is 33.2 Å². The van der Waals surface area contributed by atoms with Crippen molar-refractivity contribution in [3.8, 4) is 0 Å². The third kappa shape index (κ3) is 2.77. The topological polar surface area (TPSA) is 58.6 Å². The van der Waals surface area contributed by atoms with E-state index >= 15 is 0 Å². The maximum Gasteiger partial charge on any atom is 0.225 e. The number of hydrogen-bond acceptors (Lipinski definition) is 3. The Hall–Kier alpha value is -1.10. The lowest BCUT2D eigenvalue weighted by molar-refractivity contribution is -0.143. The van der Waals surface area contributed by atoms with Crippen LogP contribution in [0.15, 0.2) is 0 Å². The van der Waals surface area contributed by atoms with Gasteiger partial charge in [0.15, 0.2) is 0 Å². The van der Waals surface area contributed by atoms with Gasteiger partial charge < -0.3 is 15.0 Å². The first-order chi connectivity index (χ1) is 8.15. The van der Waals surface area contributed by atoms with Gasteiger partial charge in [-0.3, -0.25) is 9.59 Å². The summed E-state index contributed by atoms with van der Waals surface area (Å²) in [6, 6.07) is 0. The van der Waals surface area contributed by atoms with Crippen LogP contribution in [0.3, 0.4) is 0 Å². The molecule has 0 aromatic carbocycles. The van der Waals surface area contributed by atoms with Crippen molar-refractivity contribution in [1.29, 1.82) is 0 Å². The lowest BCUT2D eigenvalue weighted by Gasteiger charge is -2.41. The molecule has 2 fully saturated rings. The molecule has 1 aliphatic carbocycles. The van der Waals surface area contributed by atoms with Crippen LogP contribution in [0.1, 0.15) is 32.1 Å². The number of carbonyl (C=O) groups excluding carboxylic acids is 2. The first-order valence-corrected chi connectivity index (χ1v) is 6.25. The third-order valence-corrected chi connectivity index (χ3v) is 3.84. The second-order valence-electron chi connectivity index (χ2n) is 4.90. The van der Waals surface area contributed by atoms with Crippen molar-refractivity contribution >= 4 is 11.8 Å². The number of ether oxygens (including phenoxy) is 1. The second-order valence-corrected chi connectivity index (χ2v) is 4.90. The van der Waals surface area contributed by atoms with Crippen molar-refractivity contribution in [3.05, 3.63) is 0 Å². The molecule has 1 N–H and O–H groups in total. The van der Waals surface area contributed by atoms with E-state index in [4.69, 9.17) is 4.74 Å². The van der Waals surface area contributed by atoms with E-state index in [1.54, 1.807) is 12.0 Å². The molecule has 17 heavy (non-hydrogen) atoms. The van der Waals surface area contributed by atoms with Gasteiger partial charge in [-0.1, -0.05) is 0 Å². The summed E-state index contributed by atoms with van der Waals surface area (Å²) < 4.78 is 5.46. The van der Waals surface area contributed by atoms with Crippen LogP contribution in [0.25, 0.3) is 0 Å². The maximum absolute atomic E-state index is 12.1. The SMILES string of the molecule is COC1(CC(=O)N2CCNC(=O)CC2)CCC1. The Morgan fingerprint density at radius 2 is 2.24 bits per heavy atom. The van der Waals surface area contributed by atoms with Crippen LogP contribution < -0.4 is 5.32 Å². The summed E-state index contributed by atoms with van der Waals surface area (Å²) in [5.41, 5.74) is -0.221. The molecule has 1 aliphatic heterocycles. The fourth-order valence-electron chi connectivity index (χ4n) is 2.43. The molecule has 0 aromatic heterocycles. The van der Waals surface area contributed by atoms with Crippen LogP contribution >= 0.6 is 0 Å². The highest BCUT2D eigenvalue weighted by Crippen LogP contribution is 2.38. The van der Waals surface area contributed by atoms with Gasteiger partial charge in [-0.05, 0) is 19.3 Å². The highest BCUT2D eigenvalue weighted by atomic mass is 16.5. The first kappa shape index (κ1) is 12.4. The summed E-state index contributed by atoms with van der Waals surface area (Å²) in [4.78, 5) is 25.1. The highest BCUT2D eigenvalue weighted by molar-refractivity contribution is 5.80. The summed E-state index contributed by atoms with van der Waals surface area (Å²) in [6.45, 7) is 1.71. The largest absolute Gasteiger partial charge is 0.378 e. The van der Waals surface area contributed by atoms with Gasteiger partial charge in [0.2, 0.25) is 11.8 Å². The first-order valence-electron chi connectivity index (χ1n) is 6.25. The van der Waals surface area contributed by atoms with Crippen LogP contribution in [0.4, 0.5) is 0 Å². The smallest absolute Gasteiger partial charge is 0.225 e. The van der Waals surface area contributed by atoms with Crippen molar-refractivity contribution in [2.75, 3.05) is 26.7 Å². The Bertz CT molecular complexity index is 307. The van der Waals surface area contributed by atoms with Crippen LogP contribution in [0.5, 0.6) is 0 Å². The predicted octanol–water partition coefficient (Wildman–Crippen LogP) is 0.294. The molecule has 1 saturated heterocycles. The van der Waals surface area contributed by atoms with Crippen LogP contribution in [0, 0.1) is 0 Å². The highest BCUT2D eigenvalue weighted by Gasteiger charge is 2.40. The van der Waals surface area contributed by atoms with E-state index in [1.807, 2.05) is 0 Å². The van der Waals surface area contributed by atoms with E-state index in [0.29, 0.717) is 32.5 Å². The van der Waals surface area contributed by atoms with Crippen molar-refractivity contribution in [2.24, 2.45) is 0 Å². The number of methoxy groups -OCH3 is 1. The second kappa shape index (κ2) is 5.04. The van der Waals surface area contributed by atoms with Crippen molar-refractivity contribution in [1.82, 2.24) is 10.2 Å². The van der Waals surface area contributed by atoms with E-state index in [1.165, 1.54) is 0 Å². The molecule has 5 nitrogen and oxygen atoms in total.